The van der Waals surface area contributed by atoms with Gasteiger partial charge in [-0.3, -0.25) is 4.79 Å². The van der Waals surface area contributed by atoms with Crippen molar-refractivity contribution in [2.24, 2.45) is 0 Å². The zero-order valence-corrected chi connectivity index (χ0v) is 14.5. The van der Waals surface area contributed by atoms with Gasteiger partial charge in [-0.25, -0.2) is 4.79 Å². The first kappa shape index (κ1) is 17.5. The summed E-state index contributed by atoms with van der Waals surface area (Å²) in [5.74, 6) is 0.0112. The average Bonchev–Trinajstić information content (AvgIpc) is 2.45. The van der Waals surface area contributed by atoms with Crippen LogP contribution in [0.5, 0.6) is 0 Å². The minimum absolute atomic E-state index is 0.0112. The van der Waals surface area contributed by atoms with Crippen LogP contribution < -0.4 is 5.32 Å². The van der Waals surface area contributed by atoms with Gasteiger partial charge in [0.1, 0.15) is 6.61 Å². The molecule has 0 spiro atoms. The monoisotopic (exact) mass is 410 g/mol. The fourth-order valence-electron chi connectivity index (χ4n) is 1.95. The summed E-state index contributed by atoms with van der Waals surface area (Å²) in [5.41, 5.74) is 0. The number of hydrogen-bond donors (Lipinski definition) is 1. The molecule has 0 aromatic carbocycles. The molecule has 0 radical (unpaired) electrons. The van der Waals surface area contributed by atoms with Gasteiger partial charge in [0, 0.05) is 24.5 Å². The average molecular weight is 412 g/mol. The highest BCUT2D eigenvalue weighted by Crippen LogP contribution is 2.14. The first-order valence-corrected chi connectivity index (χ1v) is 8.65. The molecule has 20 heavy (non-hydrogen) atoms. The van der Waals surface area contributed by atoms with Crippen LogP contribution in [0, 0.1) is 0 Å². The maximum Gasteiger partial charge on any atom is 0.410 e. The molecule has 1 aliphatic rings. The Labute approximate surface area is 136 Å². The molecule has 1 saturated heterocycles. The van der Waals surface area contributed by atoms with Crippen LogP contribution >= 0.6 is 31.9 Å². The molecule has 1 aliphatic heterocycles. The lowest BCUT2D eigenvalue weighted by molar-refractivity contribution is -0.121. The third kappa shape index (κ3) is 5.83. The Morgan fingerprint density at radius 1 is 1.45 bits per heavy atom. The van der Waals surface area contributed by atoms with Crippen LogP contribution in [0.1, 0.15) is 19.3 Å². The Hall–Kier alpha value is -0.560. The first-order valence-electron chi connectivity index (χ1n) is 6.61. The largest absolute Gasteiger partial charge is 0.445 e. The zero-order valence-electron chi connectivity index (χ0n) is 11.3. The van der Waals surface area contributed by atoms with E-state index in [2.05, 4.69) is 43.8 Å². The molecule has 1 unspecified atom stereocenters. The van der Waals surface area contributed by atoms with E-state index < -0.39 is 0 Å². The van der Waals surface area contributed by atoms with Crippen molar-refractivity contribution >= 4 is 43.9 Å². The number of hydrogen-bond acceptors (Lipinski definition) is 3. The molecule has 1 atom stereocenters. The van der Waals surface area contributed by atoms with E-state index in [4.69, 9.17) is 4.74 Å². The Morgan fingerprint density at radius 2 is 2.10 bits per heavy atom. The minimum atomic E-state index is -0.313. The van der Waals surface area contributed by atoms with Crippen LogP contribution in [0.3, 0.4) is 0 Å². The van der Waals surface area contributed by atoms with E-state index >= 15 is 0 Å². The van der Waals surface area contributed by atoms with Crippen molar-refractivity contribution in [1.29, 1.82) is 0 Å². The number of rotatable bonds is 6. The van der Waals surface area contributed by atoms with Gasteiger partial charge in [0.2, 0.25) is 5.91 Å². The number of halogens is 2. The Balaban J connectivity index is 2.29. The predicted molar refractivity (Wildman–Crippen MR) is 85.4 cm³/mol. The second-order valence-corrected chi connectivity index (χ2v) is 6.48. The van der Waals surface area contributed by atoms with Crippen LogP contribution in [0.4, 0.5) is 4.79 Å². The molecule has 0 aromatic heterocycles. The van der Waals surface area contributed by atoms with Crippen LogP contribution in [0.15, 0.2) is 12.7 Å². The van der Waals surface area contributed by atoms with Gasteiger partial charge in [-0.05, 0) is 19.3 Å². The molecular weight excluding hydrogens is 392 g/mol. The third-order valence-corrected chi connectivity index (χ3v) is 4.40. The van der Waals surface area contributed by atoms with Crippen molar-refractivity contribution in [3.63, 3.8) is 0 Å². The molecule has 1 heterocycles. The summed E-state index contributed by atoms with van der Waals surface area (Å²) < 4.78 is 4.99. The van der Waals surface area contributed by atoms with E-state index in [1.807, 2.05) is 0 Å². The summed E-state index contributed by atoms with van der Waals surface area (Å²) in [7, 11) is 0. The summed E-state index contributed by atoms with van der Waals surface area (Å²) in [6.45, 7) is 4.94. The molecule has 0 aliphatic carbocycles. The molecule has 7 heteroatoms. The molecule has 1 fully saturated rings. The number of ether oxygens (including phenoxy) is 1. The molecule has 2 amide bonds. The Morgan fingerprint density at radius 3 is 2.65 bits per heavy atom. The predicted octanol–water partition coefficient (Wildman–Crippen LogP) is 2.44. The van der Waals surface area contributed by atoms with Crippen molar-refractivity contribution < 1.29 is 14.3 Å². The number of alkyl halides is 2. The van der Waals surface area contributed by atoms with Crippen molar-refractivity contribution in [3.05, 3.63) is 12.7 Å². The fourth-order valence-corrected chi connectivity index (χ4v) is 3.38. The van der Waals surface area contributed by atoms with Gasteiger partial charge in [0.25, 0.3) is 0 Å². The van der Waals surface area contributed by atoms with Gasteiger partial charge in [0.05, 0.1) is 4.83 Å². The molecular formula is C13H20Br2N2O3. The van der Waals surface area contributed by atoms with E-state index in [1.54, 1.807) is 11.0 Å². The standard InChI is InChI=1S/C13H20Br2N2O3/c1-2-9-20-13(19)17-7-4-10(5-8-17)16-12(18)11(15)3-6-14/h2,10-11H,1,3-9H2,(H,16,18). The van der Waals surface area contributed by atoms with Gasteiger partial charge in [0.15, 0.2) is 0 Å². The van der Waals surface area contributed by atoms with E-state index in [-0.39, 0.29) is 29.5 Å². The lowest BCUT2D eigenvalue weighted by Gasteiger charge is -2.32. The van der Waals surface area contributed by atoms with Gasteiger partial charge >= 0.3 is 6.09 Å². The van der Waals surface area contributed by atoms with Crippen molar-refractivity contribution in [2.45, 2.75) is 30.1 Å². The highest BCUT2D eigenvalue weighted by Gasteiger charge is 2.25. The molecule has 1 rings (SSSR count). The van der Waals surface area contributed by atoms with Crippen LogP contribution in [-0.4, -0.2) is 52.8 Å². The van der Waals surface area contributed by atoms with Crippen LogP contribution in [0.2, 0.25) is 0 Å². The summed E-state index contributed by atoms with van der Waals surface area (Å²) in [5, 5.41) is 3.79. The number of carbonyl (C=O) groups is 2. The van der Waals surface area contributed by atoms with Gasteiger partial charge in [-0.2, -0.15) is 0 Å². The van der Waals surface area contributed by atoms with Crippen molar-refractivity contribution in [2.75, 3.05) is 25.0 Å². The first-order chi connectivity index (χ1) is 9.58. The Bertz CT molecular complexity index is 345. The van der Waals surface area contributed by atoms with Gasteiger partial charge < -0.3 is 15.0 Å². The minimum Gasteiger partial charge on any atom is -0.445 e. The van der Waals surface area contributed by atoms with E-state index in [0.717, 1.165) is 24.6 Å². The van der Waals surface area contributed by atoms with Gasteiger partial charge in [-0.1, -0.05) is 44.5 Å². The number of likely N-dealkylation sites (tertiary alicyclic amines) is 1. The SMILES string of the molecule is C=CCOC(=O)N1CCC(NC(=O)C(Br)CCBr)CC1. The van der Waals surface area contributed by atoms with Crippen LogP contribution in [0.25, 0.3) is 0 Å². The second kappa shape index (κ2) is 9.39. The topological polar surface area (TPSA) is 58.6 Å². The summed E-state index contributed by atoms with van der Waals surface area (Å²) in [6, 6.07) is 0.126. The molecule has 1 N–H and O–H groups in total. The molecule has 0 bridgehead atoms. The number of amides is 2. The Kier molecular flexibility index (Phi) is 8.21. The maximum absolute atomic E-state index is 11.9. The molecule has 0 aromatic rings. The summed E-state index contributed by atoms with van der Waals surface area (Å²) >= 11 is 6.67. The number of piperidine rings is 1. The summed E-state index contributed by atoms with van der Waals surface area (Å²) in [4.78, 5) is 25.0. The molecule has 0 saturated carbocycles. The second-order valence-electron chi connectivity index (χ2n) is 4.58. The zero-order chi connectivity index (χ0) is 15.0. The van der Waals surface area contributed by atoms with Gasteiger partial charge in [-0.15, -0.1) is 0 Å². The fraction of sp³-hybridized carbons (Fsp3) is 0.692. The maximum atomic E-state index is 11.9. The van der Waals surface area contributed by atoms with E-state index in [1.165, 1.54) is 0 Å². The quantitative estimate of drug-likeness (QED) is 0.539. The smallest absolute Gasteiger partial charge is 0.410 e. The number of carbonyl (C=O) groups excluding carboxylic acids is 2. The van der Waals surface area contributed by atoms with Crippen molar-refractivity contribution in [1.82, 2.24) is 10.2 Å². The molecule has 114 valence electrons. The van der Waals surface area contributed by atoms with Crippen molar-refractivity contribution in [3.8, 4) is 0 Å². The molecule has 5 nitrogen and oxygen atoms in total. The number of nitrogens with zero attached hydrogens (tertiary/aromatic N) is 1. The lowest BCUT2D eigenvalue weighted by atomic mass is 10.1. The lowest BCUT2D eigenvalue weighted by Crippen LogP contribution is -2.48. The number of nitrogens with one attached hydrogen (secondary N) is 1. The van der Waals surface area contributed by atoms with E-state index in [0.29, 0.717) is 13.1 Å². The summed E-state index contributed by atoms with van der Waals surface area (Å²) in [6.07, 6.45) is 3.49. The third-order valence-electron chi connectivity index (χ3n) is 3.07. The highest BCUT2D eigenvalue weighted by atomic mass is 79.9. The van der Waals surface area contributed by atoms with Crippen LogP contribution in [-0.2, 0) is 9.53 Å². The normalized spacial score (nSPS) is 17.4. The van der Waals surface area contributed by atoms with E-state index in [9.17, 15) is 9.59 Å². The highest BCUT2D eigenvalue weighted by molar-refractivity contribution is 9.10.